The van der Waals surface area contributed by atoms with Crippen LogP contribution in [-0.4, -0.2) is 46.3 Å². The van der Waals surface area contributed by atoms with Crippen molar-refractivity contribution < 1.29 is 26.8 Å². The minimum atomic E-state index is -3.38. The molecule has 2 aromatic rings. The molecule has 154 valence electrons. The van der Waals surface area contributed by atoms with Gasteiger partial charge >= 0.3 is 6.01 Å². The first-order valence-corrected chi connectivity index (χ1v) is 8.99. The Kier molecular flexibility index (Phi) is 4.75. The van der Waals surface area contributed by atoms with E-state index >= 15 is 0 Å². The van der Waals surface area contributed by atoms with Crippen LogP contribution < -0.4 is 4.90 Å². The van der Waals surface area contributed by atoms with Crippen LogP contribution in [0.3, 0.4) is 0 Å². The monoisotopic (exact) mass is 411 g/mol. The lowest BCUT2D eigenvalue weighted by Crippen LogP contribution is -2.54. The van der Waals surface area contributed by atoms with Gasteiger partial charge in [0, 0.05) is 32.2 Å². The number of benzene rings is 1. The molecule has 29 heavy (non-hydrogen) atoms. The normalized spacial score (nSPS) is 23.6. The molecule has 0 unspecified atom stereocenters. The summed E-state index contributed by atoms with van der Waals surface area (Å²) in [5, 5.41) is 12.2. The third-order valence-corrected chi connectivity index (χ3v) is 5.01. The second-order valence-electron chi connectivity index (χ2n) is 7.06. The lowest BCUT2D eigenvalue weighted by molar-refractivity contribution is -0.154. The summed E-state index contributed by atoms with van der Waals surface area (Å²) < 4.78 is 62.0. The van der Waals surface area contributed by atoms with Crippen molar-refractivity contribution in [2.24, 2.45) is 11.0 Å². The van der Waals surface area contributed by atoms with Gasteiger partial charge in [-0.25, -0.2) is 22.6 Å². The maximum atomic E-state index is 14.8. The Morgan fingerprint density at radius 2 is 1.93 bits per heavy atom. The maximum absolute atomic E-state index is 14.8. The van der Waals surface area contributed by atoms with Crippen LogP contribution >= 0.6 is 0 Å². The van der Waals surface area contributed by atoms with Crippen molar-refractivity contribution in [1.82, 2.24) is 15.2 Å². The van der Waals surface area contributed by atoms with Gasteiger partial charge in [-0.2, -0.15) is 5.10 Å². The lowest BCUT2D eigenvalue weighted by atomic mass is 9.91. The molecule has 0 spiro atoms. The molecule has 11 heteroatoms. The average molecular weight is 411 g/mol. The number of carbonyl (C=O) groups excluding carboxylic acids is 1. The van der Waals surface area contributed by atoms with Gasteiger partial charge in [0.15, 0.2) is 0 Å². The highest BCUT2D eigenvalue weighted by Gasteiger charge is 2.52. The number of aryl methyl sites for hydroxylation is 1. The molecule has 1 fully saturated rings. The standard InChI is InChI=1S/C18H17F4N5O2/c1-10-24-25-17(29-10)26-5-3-14(18(21,22)9-26)16(28)27-15(2-4-23-27)11-6-12(19)8-13(20)7-11/h4,6-8,14-15H,2-3,5,9H2,1H3/t14-,15+/m1/s1. The van der Waals surface area contributed by atoms with E-state index < -0.39 is 42.0 Å². The molecule has 2 aliphatic heterocycles. The van der Waals surface area contributed by atoms with E-state index in [-0.39, 0.29) is 36.9 Å². The number of carbonyl (C=O) groups is 1. The molecular formula is C18H17F4N5O2. The van der Waals surface area contributed by atoms with Crippen LogP contribution in [0, 0.1) is 24.5 Å². The number of rotatable bonds is 3. The quantitative estimate of drug-likeness (QED) is 0.726. The van der Waals surface area contributed by atoms with Gasteiger partial charge in [0.2, 0.25) is 5.89 Å². The number of halogens is 4. The third-order valence-electron chi connectivity index (χ3n) is 5.01. The number of hydrogen-bond donors (Lipinski definition) is 0. The van der Waals surface area contributed by atoms with Crippen LogP contribution in [-0.2, 0) is 4.79 Å². The first-order chi connectivity index (χ1) is 13.7. The van der Waals surface area contributed by atoms with Crippen LogP contribution in [0.2, 0.25) is 0 Å². The Bertz CT molecular complexity index is 943. The van der Waals surface area contributed by atoms with E-state index in [0.29, 0.717) is 6.07 Å². The molecule has 2 aliphatic rings. The van der Waals surface area contributed by atoms with E-state index in [1.54, 1.807) is 6.92 Å². The smallest absolute Gasteiger partial charge is 0.318 e. The van der Waals surface area contributed by atoms with Crippen molar-refractivity contribution in [3.8, 4) is 0 Å². The molecule has 0 aliphatic carbocycles. The van der Waals surface area contributed by atoms with Gasteiger partial charge in [-0.15, -0.1) is 5.10 Å². The highest BCUT2D eigenvalue weighted by atomic mass is 19.3. The van der Waals surface area contributed by atoms with Crippen LogP contribution in [0.5, 0.6) is 0 Å². The van der Waals surface area contributed by atoms with Crippen molar-refractivity contribution >= 4 is 18.1 Å². The SMILES string of the molecule is Cc1nnc(N2CC[C@H](C(=O)N3N=CC[C@H]3c3cc(F)cc(F)c3)C(F)(F)C2)o1. The summed E-state index contributed by atoms with van der Waals surface area (Å²) in [6.45, 7) is 0.901. The highest BCUT2D eigenvalue weighted by Crippen LogP contribution is 2.39. The fraction of sp³-hybridized carbons (Fsp3) is 0.444. The first-order valence-electron chi connectivity index (χ1n) is 8.99. The van der Waals surface area contributed by atoms with Gasteiger partial charge in [-0.3, -0.25) is 4.79 Å². The van der Waals surface area contributed by atoms with Gasteiger partial charge in [-0.05, 0) is 24.1 Å². The number of hydrazone groups is 1. The van der Waals surface area contributed by atoms with Gasteiger partial charge < -0.3 is 9.32 Å². The fourth-order valence-electron chi connectivity index (χ4n) is 3.65. The second-order valence-corrected chi connectivity index (χ2v) is 7.06. The Hall–Kier alpha value is -2.98. The molecule has 1 aromatic heterocycles. The van der Waals surface area contributed by atoms with Crippen molar-refractivity contribution in [3.63, 3.8) is 0 Å². The number of anilines is 1. The number of nitrogens with zero attached hydrogens (tertiary/aromatic N) is 5. The summed E-state index contributed by atoms with van der Waals surface area (Å²) in [6, 6.07) is 1.98. The number of hydrogen-bond acceptors (Lipinski definition) is 6. The first kappa shape index (κ1) is 19.3. The summed E-state index contributed by atoms with van der Waals surface area (Å²) in [4.78, 5) is 14.1. The molecule has 4 rings (SSSR count). The average Bonchev–Trinajstić information content (AvgIpc) is 3.28. The molecule has 0 N–H and O–H groups in total. The molecule has 2 atom stereocenters. The van der Waals surface area contributed by atoms with Crippen molar-refractivity contribution in [3.05, 3.63) is 41.3 Å². The van der Waals surface area contributed by atoms with Crippen molar-refractivity contribution in [1.29, 1.82) is 0 Å². The Morgan fingerprint density at radius 3 is 2.55 bits per heavy atom. The maximum Gasteiger partial charge on any atom is 0.318 e. The predicted octanol–water partition coefficient (Wildman–Crippen LogP) is 3.08. The van der Waals surface area contributed by atoms with E-state index in [1.807, 2.05) is 0 Å². The second kappa shape index (κ2) is 7.12. The molecule has 1 saturated heterocycles. The lowest BCUT2D eigenvalue weighted by Gasteiger charge is -2.38. The number of piperidine rings is 1. The number of aromatic nitrogens is 2. The Morgan fingerprint density at radius 1 is 1.21 bits per heavy atom. The summed E-state index contributed by atoms with van der Waals surface area (Å²) >= 11 is 0. The van der Waals surface area contributed by atoms with E-state index in [0.717, 1.165) is 17.1 Å². The summed E-state index contributed by atoms with van der Waals surface area (Å²) in [6.07, 6.45) is 1.39. The number of alkyl halides is 2. The molecule has 3 heterocycles. The molecule has 0 bridgehead atoms. The summed E-state index contributed by atoms with van der Waals surface area (Å²) in [5.74, 6) is -7.27. The van der Waals surface area contributed by atoms with Crippen molar-refractivity contribution in [2.75, 3.05) is 18.0 Å². The summed E-state index contributed by atoms with van der Waals surface area (Å²) in [7, 11) is 0. The molecule has 7 nitrogen and oxygen atoms in total. The molecule has 0 saturated carbocycles. The molecular weight excluding hydrogens is 394 g/mol. The molecule has 0 radical (unpaired) electrons. The number of amides is 1. The third kappa shape index (κ3) is 3.68. The van der Waals surface area contributed by atoms with E-state index in [9.17, 15) is 22.4 Å². The topological polar surface area (TPSA) is 74.8 Å². The van der Waals surface area contributed by atoms with E-state index in [2.05, 4.69) is 15.3 Å². The van der Waals surface area contributed by atoms with Gasteiger partial charge in [0.05, 0.1) is 12.6 Å². The predicted molar refractivity (Wildman–Crippen MR) is 93.4 cm³/mol. The van der Waals surface area contributed by atoms with Crippen molar-refractivity contribution in [2.45, 2.75) is 31.7 Å². The fourth-order valence-corrected chi connectivity index (χ4v) is 3.65. The highest BCUT2D eigenvalue weighted by molar-refractivity contribution is 5.83. The minimum Gasteiger partial charge on any atom is -0.408 e. The van der Waals surface area contributed by atoms with Gasteiger partial charge in [0.25, 0.3) is 11.8 Å². The molecule has 1 aromatic carbocycles. The summed E-state index contributed by atoms with van der Waals surface area (Å²) in [5.41, 5.74) is 0.162. The zero-order valence-corrected chi connectivity index (χ0v) is 15.4. The zero-order valence-electron chi connectivity index (χ0n) is 15.4. The molecule has 1 amide bonds. The Balaban J connectivity index is 1.53. The van der Waals surface area contributed by atoms with Crippen LogP contribution in [0.4, 0.5) is 23.6 Å². The van der Waals surface area contributed by atoms with Crippen LogP contribution in [0.25, 0.3) is 0 Å². The Labute approximate surface area is 163 Å². The zero-order chi connectivity index (χ0) is 20.8. The van der Waals surface area contributed by atoms with Gasteiger partial charge in [-0.1, -0.05) is 5.10 Å². The largest absolute Gasteiger partial charge is 0.408 e. The van der Waals surface area contributed by atoms with Crippen LogP contribution in [0.1, 0.15) is 30.3 Å². The van der Waals surface area contributed by atoms with E-state index in [1.165, 1.54) is 11.1 Å². The minimum absolute atomic E-state index is 0.0274. The van der Waals surface area contributed by atoms with E-state index in [4.69, 9.17) is 4.42 Å². The van der Waals surface area contributed by atoms with Gasteiger partial charge in [0.1, 0.15) is 17.6 Å². The van der Waals surface area contributed by atoms with Crippen LogP contribution in [0.15, 0.2) is 27.7 Å².